The molecule has 0 radical (unpaired) electrons. The van der Waals surface area contributed by atoms with Crippen LogP contribution in [-0.4, -0.2) is 4.98 Å². The number of hydrogen-bond donors (Lipinski definition) is 2. The third-order valence-corrected chi connectivity index (χ3v) is 1.56. The van der Waals surface area contributed by atoms with E-state index >= 15 is 0 Å². The highest BCUT2D eigenvalue weighted by Crippen LogP contribution is 2.25. The van der Waals surface area contributed by atoms with Gasteiger partial charge in [-0.1, -0.05) is 0 Å². The van der Waals surface area contributed by atoms with Gasteiger partial charge in [0.1, 0.15) is 0 Å². The Kier molecular flexibility index (Phi) is 2.54. The summed E-state index contributed by atoms with van der Waals surface area (Å²) in [5.74, 6) is 0. The summed E-state index contributed by atoms with van der Waals surface area (Å²) in [7, 11) is 0. The van der Waals surface area contributed by atoms with E-state index in [9.17, 15) is 8.78 Å². The molecular formula is C7H9F2N3. The highest BCUT2D eigenvalue weighted by molar-refractivity contribution is 5.52. The Labute approximate surface area is 68.4 Å². The van der Waals surface area contributed by atoms with Gasteiger partial charge in [-0.3, -0.25) is 4.98 Å². The molecule has 0 aromatic carbocycles. The van der Waals surface area contributed by atoms with Crippen molar-refractivity contribution in [3.8, 4) is 0 Å². The minimum atomic E-state index is -2.59. The molecule has 0 saturated heterocycles. The van der Waals surface area contributed by atoms with Crippen molar-refractivity contribution in [1.29, 1.82) is 0 Å². The molecule has 66 valence electrons. The molecule has 5 heteroatoms. The first-order valence-electron chi connectivity index (χ1n) is 3.37. The zero-order valence-electron chi connectivity index (χ0n) is 6.30. The second-order valence-corrected chi connectivity index (χ2v) is 2.31. The second-order valence-electron chi connectivity index (χ2n) is 2.31. The van der Waals surface area contributed by atoms with E-state index in [2.05, 4.69) is 4.98 Å². The van der Waals surface area contributed by atoms with Gasteiger partial charge in [-0.25, -0.2) is 8.78 Å². The summed E-state index contributed by atoms with van der Waals surface area (Å²) in [4.78, 5) is 3.60. The smallest absolute Gasteiger partial charge is 0.267 e. The molecule has 1 aromatic rings. The van der Waals surface area contributed by atoms with Crippen LogP contribution in [0.2, 0.25) is 0 Å². The number of alkyl halides is 2. The van der Waals surface area contributed by atoms with Gasteiger partial charge < -0.3 is 11.5 Å². The average Bonchev–Trinajstić information content (AvgIpc) is 2.04. The lowest BCUT2D eigenvalue weighted by molar-refractivity contribution is 0.151. The second kappa shape index (κ2) is 3.44. The van der Waals surface area contributed by atoms with Gasteiger partial charge in [0.15, 0.2) is 0 Å². The molecular weight excluding hydrogens is 164 g/mol. The van der Waals surface area contributed by atoms with Gasteiger partial charge in [0.25, 0.3) is 6.43 Å². The number of nitrogen functional groups attached to an aromatic ring is 1. The molecule has 0 atom stereocenters. The van der Waals surface area contributed by atoms with E-state index in [1.165, 1.54) is 6.20 Å². The maximum atomic E-state index is 12.2. The third kappa shape index (κ3) is 1.50. The average molecular weight is 173 g/mol. The SMILES string of the molecule is NCc1cncc(C(F)F)c1N. The minimum Gasteiger partial charge on any atom is -0.398 e. The number of nitrogens with zero attached hydrogens (tertiary/aromatic N) is 1. The van der Waals surface area contributed by atoms with Crippen LogP contribution in [0.1, 0.15) is 17.6 Å². The van der Waals surface area contributed by atoms with E-state index in [-0.39, 0.29) is 17.8 Å². The van der Waals surface area contributed by atoms with E-state index in [4.69, 9.17) is 11.5 Å². The summed E-state index contributed by atoms with van der Waals surface area (Å²) < 4.78 is 24.4. The predicted molar refractivity (Wildman–Crippen MR) is 41.5 cm³/mol. The molecule has 12 heavy (non-hydrogen) atoms. The molecule has 0 aliphatic carbocycles. The van der Waals surface area contributed by atoms with Gasteiger partial charge in [0, 0.05) is 30.2 Å². The lowest BCUT2D eigenvalue weighted by atomic mass is 10.1. The molecule has 3 nitrogen and oxygen atoms in total. The first kappa shape index (κ1) is 8.86. The highest BCUT2D eigenvalue weighted by Gasteiger charge is 2.13. The van der Waals surface area contributed by atoms with Crippen molar-refractivity contribution < 1.29 is 8.78 Å². The van der Waals surface area contributed by atoms with Crippen molar-refractivity contribution >= 4 is 5.69 Å². The lowest BCUT2D eigenvalue weighted by Gasteiger charge is -2.06. The van der Waals surface area contributed by atoms with Crippen molar-refractivity contribution in [3.05, 3.63) is 23.5 Å². The lowest BCUT2D eigenvalue weighted by Crippen LogP contribution is -2.05. The van der Waals surface area contributed by atoms with Crippen molar-refractivity contribution in [1.82, 2.24) is 4.98 Å². The minimum absolute atomic E-state index is 0.0440. The van der Waals surface area contributed by atoms with Gasteiger partial charge in [0.2, 0.25) is 0 Å². The van der Waals surface area contributed by atoms with Gasteiger partial charge >= 0.3 is 0 Å². The van der Waals surface area contributed by atoms with E-state index in [0.717, 1.165) is 6.20 Å². The largest absolute Gasteiger partial charge is 0.398 e. The third-order valence-electron chi connectivity index (χ3n) is 1.56. The summed E-state index contributed by atoms with van der Waals surface area (Å²) in [6.07, 6.45) is -0.149. The Hall–Kier alpha value is -1.23. The Bertz CT molecular complexity index is 275. The van der Waals surface area contributed by atoms with Crippen LogP contribution in [0.3, 0.4) is 0 Å². The van der Waals surface area contributed by atoms with Gasteiger partial charge in [-0.15, -0.1) is 0 Å². The first-order chi connectivity index (χ1) is 5.66. The first-order valence-corrected chi connectivity index (χ1v) is 3.37. The fraction of sp³-hybridized carbons (Fsp3) is 0.286. The number of hydrogen-bond acceptors (Lipinski definition) is 3. The molecule has 1 rings (SSSR count). The summed E-state index contributed by atoms with van der Waals surface area (Å²) in [5.41, 5.74) is 10.9. The zero-order valence-corrected chi connectivity index (χ0v) is 6.30. The number of pyridine rings is 1. The Morgan fingerprint density at radius 3 is 2.58 bits per heavy atom. The Morgan fingerprint density at radius 1 is 1.42 bits per heavy atom. The molecule has 4 N–H and O–H groups in total. The summed E-state index contributed by atoms with van der Waals surface area (Å²) in [5, 5.41) is 0. The van der Waals surface area contributed by atoms with Crippen molar-refractivity contribution in [3.63, 3.8) is 0 Å². The Balaban J connectivity index is 3.14. The van der Waals surface area contributed by atoms with Crippen molar-refractivity contribution in [2.75, 3.05) is 5.73 Å². The predicted octanol–water partition coefficient (Wildman–Crippen LogP) is 1.06. The molecule has 0 spiro atoms. The molecule has 0 fully saturated rings. The molecule has 0 unspecified atom stereocenters. The van der Waals surface area contributed by atoms with Crippen molar-refractivity contribution in [2.45, 2.75) is 13.0 Å². The maximum Gasteiger partial charge on any atom is 0.267 e. The van der Waals surface area contributed by atoms with Crippen LogP contribution in [-0.2, 0) is 6.54 Å². The Morgan fingerprint density at radius 2 is 2.08 bits per heavy atom. The van der Waals surface area contributed by atoms with E-state index < -0.39 is 6.43 Å². The van der Waals surface area contributed by atoms with Gasteiger partial charge in [0.05, 0.1) is 5.56 Å². The molecule has 0 aliphatic rings. The number of anilines is 1. The number of rotatable bonds is 2. The van der Waals surface area contributed by atoms with E-state index in [1.807, 2.05) is 0 Å². The quantitative estimate of drug-likeness (QED) is 0.702. The molecule has 1 aromatic heterocycles. The van der Waals surface area contributed by atoms with Crippen LogP contribution in [0, 0.1) is 0 Å². The van der Waals surface area contributed by atoms with Gasteiger partial charge in [-0.05, 0) is 0 Å². The monoisotopic (exact) mass is 173 g/mol. The van der Waals surface area contributed by atoms with Gasteiger partial charge in [-0.2, -0.15) is 0 Å². The fourth-order valence-corrected chi connectivity index (χ4v) is 0.869. The van der Waals surface area contributed by atoms with Crippen LogP contribution in [0.25, 0.3) is 0 Å². The van der Waals surface area contributed by atoms with Crippen LogP contribution in [0.5, 0.6) is 0 Å². The molecule has 0 amide bonds. The van der Waals surface area contributed by atoms with E-state index in [1.54, 1.807) is 0 Å². The summed E-state index contributed by atoms with van der Waals surface area (Å²) in [6, 6.07) is 0. The standard InChI is InChI=1S/C7H9F2N3/c8-7(9)5-3-12-2-4(1-10)6(5)11/h2-3,7H,1,10H2,(H2,11,12). The van der Waals surface area contributed by atoms with Crippen LogP contribution in [0.15, 0.2) is 12.4 Å². The zero-order chi connectivity index (χ0) is 9.14. The number of aromatic nitrogens is 1. The normalized spacial score (nSPS) is 10.7. The van der Waals surface area contributed by atoms with E-state index in [0.29, 0.717) is 5.56 Å². The number of nitrogens with two attached hydrogens (primary N) is 2. The molecule has 0 bridgehead atoms. The van der Waals surface area contributed by atoms with Crippen LogP contribution >= 0.6 is 0 Å². The highest BCUT2D eigenvalue weighted by atomic mass is 19.3. The maximum absolute atomic E-state index is 12.2. The molecule has 0 aliphatic heterocycles. The fourth-order valence-electron chi connectivity index (χ4n) is 0.869. The number of halogens is 2. The molecule has 0 saturated carbocycles. The molecule has 1 heterocycles. The summed E-state index contributed by atoms with van der Waals surface area (Å²) >= 11 is 0. The van der Waals surface area contributed by atoms with Crippen LogP contribution < -0.4 is 11.5 Å². The topological polar surface area (TPSA) is 64.9 Å². The van der Waals surface area contributed by atoms with Crippen molar-refractivity contribution in [2.24, 2.45) is 5.73 Å². The summed E-state index contributed by atoms with van der Waals surface area (Å²) in [6.45, 7) is 0.124. The van der Waals surface area contributed by atoms with Crippen LogP contribution in [0.4, 0.5) is 14.5 Å².